The van der Waals surface area contributed by atoms with Crippen LogP contribution in [0.4, 0.5) is 8.78 Å². The third-order valence-electron chi connectivity index (χ3n) is 6.86. The van der Waals surface area contributed by atoms with Gasteiger partial charge in [0.2, 0.25) is 0 Å². The van der Waals surface area contributed by atoms with Crippen molar-refractivity contribution in [3.8, 4) is 0 Å². The molecule has 0 amide bonds. The summed E-state index contributed by atoms with van der Waals surface area (Å²) in [5, 5.41) is 0. The van der Waals surface area contributed by atoms with Gasteiger partial charge in [0, 0.05) is 17.4 Å². The minimum absolute atomic E-state index is 0.0903. The summed E-state index contributed by atoms with van der Waals surface area (Å²) >= 11 is 0. The molecule has 1 aliphatic heterocycles. The van der Waals surface area contributed by atoms with E-state index in [9.17, 15) is 8.78 Å². The number of alkyl halides is 1. The molecule has 4 heteroatoms. The molecule has 2 nitrogen and oxygen atoms in total. The van der Waals surface area contributed by atoms with Crippen LogP contribution < -0.4 is 0 Å². The van der Waals surface area contributed by atoms with Gasteiger partial charge in [-0.25, -0.2) is 8.78 Å². The zero-order chi connectivity index (χ0) is 22.3. The minimum Gasteiger partial charge on any atom is -0.348 e. The summed E-state index contributed by atoms with van der Waals surface area (Å²) in [6, 6.07) is 17.5. The van der Waals surface area contributed by atoms with Gasteiger partial charge in [0.15, 0.2) is 6.29 Å². The number of hydrogen-bond acceptors (Lipinski definition) is 2. The quantitative estimate of drug-likeness (QED) is 0.451. The molecule has 0 spiro atoms. The molecule has 1 heterocycles. The van der Waals surface area contributed by atoms with Crippen LogP contribution in [0.15, 0.2) is 60.4 Å². The highest BCUT2D eigenvalue weighted by Crippen LogP contribution is 2.39. The van der Waals surface area contributed by atoms with Gasteiger partial charge in [0.05, 0.1) is 13.2 Å². The highest BCUT2D eigenvalue weighted by molar-refractivity contribution is 5.28. The SMILES string of the molecule is CC1COC(c2ccc(CCc3ccc(C4CCC(/C(F)=C/CF)CC4)cc3)cc2)OC1. The van der Waals surface area contributed by atoms with Crippen molar-refractivity contribution >= 4 is 0 Å². The first-order valence-corrected chi connectivity index (χ1v) is 11.9. The monoisotopic (exact) mass is 440 g/mol. The number of rotatable bonds is 7. The first kappa shape index (κ1) is 23.1. The van der Waals surface area contributed by atoms with Gasteiger partial charge >= 0.3 is 0 Å². The Labute approximate surface area is 190 Å². The summed E-state index contributed by atoms with van der Waals surface area (Å²) in [5.74, 6) is 0.591. The van der Waals surface area contributed by atoms with Crippen molar-refractivity contribution in [2.45, 2.75) is 57.7 Å². The minimum atomic E-state index is -0.708. The van der Waals surface area contributed by atoms with Crippen molar-refractivity contribution in [2.75, 3.05) is 19.9 Å². The third kappa shape index (κ3) is 6.05. The lowest BCUT2D eigenvalue weighted by atomic mass is 9.78. The highest BCUT2D eigenvalue weighted by Gasteiger charge is 2.25. The average Bonchev–Trinajstić information content (AvgIpc) is 2.84. The predicted octanol–water partition coefficient (Wildman–Crippen LogP) is 7.25. The van der Waals surface area contributed by atoms with Gasteiger partial charge in [0.1, 0.15) is 12.5 Å². The van der Waals surface area contributed by atoms with Gasteiger partial charge in [0.25, 0.3) is 0 Å². The summed E-state index contributed by atoms with van der Waals surface area (Å²) < 4.78 is 37.7. The summed E-state index contributed by atoms with van der Waals surface area (Å²) in [5.41, 5.74) is 5.06. The number of ether oxygens (including phenoxy) is 2. The van der Waals surface area contributed by atoms with Crippen molar-refractivity contribution in [2.24, 2.45) is 11.8 Å². The summed E-state index contributed by atoms with van der Waals surface area (Å²) in [7, 11) is 0. The van der Waals surface area contributed by atoms with E-state index >= 15 is 0 Å². The fraction of sp³-hybridized carbons (Fsp3) is 0.500. The van der Waals surface area contributed by atoms with Crippen LogP contribution in [-0.4, -0.2) is 19.9 Å². The van der Waals surface area contributed by atoms with Gasteiger partial charge in [-0.05, 0) is 67.2 Å². The largest absolute Gasteiger partial charge is 0.348 e. The molecule has 2 aromatic carbocycles. The number of hydrogen-bond donors (Lipinski definition) is 0. The second-order valence-corrected chi connectivity index (χ2v) is 9.38. The average molecular weight is 441 g/mol. The summed E-state index contributed by atoms with van der Waals surface area (Å²) in [4.78, 5) is 0. The molecule has 1 aliphatic carbocycles. The Morgan fingerprint density at radius 2 is 1.38 bits per heavy atom. The maximum atomic E-state index is 13.8. The zero-order valence-electron chi connectivity index (χ0n) is 18.9. The normalized spacial score (nSPS) is 26.8. The molecular weight excluding hydrogens is 406 g/mol. The van der Waals surface area contributed by atoms with Crippen LogP contribution in [0.5, 0.6) is 0 Å². The summed E-state index contributed by atoms with van der Waals surface area (Å²) in [6.45, 7) is 2.92. The molecule has 2 fully saturated rings. The maximum Gasteiger partial charge on any atom is 0.183 e. The Kier molecular flexibility index (Phi) is 8.10. The Morgan fingerprint density at radius 1 is 0.844 bits per heavy atom. The number of halogens is 2. The van der Waals surface area contributed by atoms with Crippen molar-refractivity contribution in [3.05, 3.63) is 82.7 Å². The molecule has 0 N–H and O–H groups in total. The van der Waals surface area contributed by atoms with Crippen LogP contribution in [0.2, 0.25) is 0 Å². The molecule has 172 valence electrons. The predicted molar refractivity (Wildman–Crippen MR) is 124 cm³/mol. The number of benzene rings is 2. The second-order valence-electron chi connectivity index (χ2n) is 9.38. The first-order valence-electron chi connectivity index (χ1n) is 11.9. The molecule has 0 atom stereocenters. The van der Waals surface area contributed by atoms with E-state index in [1.807, 2.05) is 0 Å². The van der Waals surface area contributed by atoms with Crippen molar-refractivity contribution in [3.63, 3.8) is 0 Å². The summed E-state index contributed by atoms with van der Waals surface area (Å²) in [6.07, 6.45) is 6.40. The molecule has 0 aromatic heterocycles. The fourth-order valence-corrected chi connectivity index (χ4v) is 4.82. The van der Waals surface area contributed by atoms with E-state index in [1.165, 1.54) is 16.7 Å². The van der Waals surface area contributed by atoms with Gasteiger partial charge in [-0.3, -0.25) is 0 Å². The molecule has 2 aromatic rings. The topological polar surface area (TPSA) is 18.5 Å². The van der Waals surface area contributed by atoms with E-state index in [-0.39, 0.29) is 18.0 Å². The van der Waals surface area contributed by atoms with Crippen LogP contribution in [0, 0.1) is 11.8 Å². The molecule has 0 bridgehead atoms. The Morgan fingerprint density at radius 3 is 1.91 bits per heavy atom. The van der Waals surface area contributed by atoms with Crippen LogP contribution in [0.1, 0.15) is 67.1 Å². The zero-order valence-corrected chi connectivity index (χ0v) is 18.9. The number of allylic oxidation sites excluding steroid dienone is 2. The molecule has 4 rings (SSSR count). The van der Waals surface area contributed by atoms with Crippen LogP contribution in [0.3, 0.4) is 0 Å². The van der Waals surface area contributed by atoms with Crippen LogP contribution in [-0.2, 0) is 22.3 Å². The van der Waals surface area contributed by atoms with Gasteiger partial charge in [-0.1, -0.05) is 55.5 Å². The van der Waals surface area contributed by atoms with Crippen molar-refractivity contribution in [1.29, 1.82) is 0 Å². The molecule has 0 unspecified atom stereocenters. The molecule has 32 heavy (non-hydrogen) atoms. The van der Waals surface area contributed by atoms with E-state index in [0.29, 0.717) is 11.8 Å². The van der Waals surface area contributed by atoms with E-state index in [1.54, 1.807) is 0 Å². The van der Waals surface area contributed by atoms with E-state index < -0.39 is 6.67 Å². The van der Waals surface area contributed by atoms with Crippen molar-refractivity contribution in [1.82, 2.24) is 0 Å². The third-order valence-corrected chi connectivity index (χ3v) is 6.86. The maximum absolute atomic E-state index is 13.8. The number of aryl methyl sites for hydroxylation is 2. The smallest absolute Gasteiger partial charge is 0.183 e. The lowest BCUT2D eigenvalue weighted by Gasteiger charge is -2.28. The van der Waals surface area contributed by atoms with Crippen LogP contribution in [0.25, 0.3) is 0 Å². The molecule has 1 saturated heterocycles. The Bertz CT molecular complexity index is 859. The van der Waals surface area contributed by atoms with Gasteiger partial charge in [-0.2, -0.15) is 0 Å². The van der Waals surface area contributed by atoms with Gasteiger partial charge in [-0.15, -0.1) is 0 Å². The molecule has 0 radical (unpaired) electrons. The van der Waals surface area contributed by atoms with Crippen LogP contribution >= 0.6 is 0 Å². The molecular formula is C28H34F2O2. The first-order chi connectivity index (χ1) is 15.6. The lowest BCUT2D eigenvalue weighted by molar-refractivity contribution is -0.202. The standard InChI is InChI=1S/C28H34F2O2/c1-20-18-31-28(32-19-20)26-10-6-22(7-11-26)3-2-21-4-8-23(9-5-21)24-12-14-25(15-13-24)27(30)16-17-29/h4-11,16,20,24-25,28H,2-3,12-15,17-19H2,1H3/b27-16-. The van der Waals surface area contributed by atoms with E-state index in [4.69, 9.17) is 9.47 Å². The Balaban J connectivity index is 1.25. The van der Waals surface area contributed by atoms with E-state index in [2.05, 4.69) is 55.5 Å². The Hall–Kier alpha value is -2.04. The highest BCUT2D eigenvalue weighted by atomic mass is 19.1. The molecule has 1 saturated carbocycles. The van der Waals surface area contributed by atoms with Gasteiger partial charge < -0.3 is 9.47 Å². The lowest BCUT2D eigenvalue weighted by Crippen LogP contribution is -2.24. The molecule has 2 aliphatic rings. The fourth-order valence-electron chi connectivity index (χ4n) is 4.82. The second kappa shape index (κ2) is 11.2. The van der Waals surface area contributed by atoms with Crippen molar-refractivity contribution < 1.29 is 18.3 Å². The van der Waals surface area contributed by atoms with E-state index in [0.717, 1.165) is 63.4 Å².